The van der Waals surface area contributed by atoms with Crippen molar-refractivity contribution < 1.29 is 22.7 Å². The van der Waals surface area contributed by atoms with Crippen LogP contribution in [0.15, 0.2) is 52.5 Å². The second-order valence-corrected chi connectivity index (χ2v) is 10.9. The van der Waals surface area contributed by atoms with Crippen LogP contribution in [0.4, 0.5) is 13.2 Å². The quantitative estimate of drug-likeness (QED) is 0.429. The molecule has 7 nitrogen and oxygen atoms in total. The predicted molar refractivity (Wildman–Crippen MR) is 141 cm³/mol. The SMILES string of the molecule is O=C1N=C(N2CC(N3CCOCC3)C2)S/C1=C/c1ccc2c(cnn2Cc2ccc(Cl)cc2C(F)(F)F)c1. The van der Waals surface area contributed by atoms with Crippen LogP contribution in [0.25, 0.3) is 17.0 Å². The highest BCUT2D eigenvalue weighted by Crippen LogP contribution is 2.35. The average Bonchev–Trinajstić information content (AvgIpc) is 3.42. The predicted octanol–water partition coefficient (Wildman–Crippen LogP) is 4.74. The number of alkyl halides is 3. The summed E-state index contributed by atoms with van der Waals surface area (Å²) in [5.41, 5.74) is 0.785. The molecule has 0 unspecified atom stereocenters. The van der Waals surface area contributed by atoms with Gasteiger partial charge in [0.1, 0.15) is 0 Å². The van der Waals surface area contributed by atoms with Crippen molar-refractivity contribution >= 4 is 51.4 Å². The lowest BCUT2D eigenvalue weighted by Crippen LogP contribution is -2.62. The number of thioether (sulfide) groups is 1. The Balaban J connectivity index is 1.15. The largest absolute Gasteiger partial charge is 0.416 e. The molecule has 3 aromatic rings. The summed E-state index contributed by atoms with van der Waals surface area (Å²) in [7, 11) is 0. The van der Waals surface area contributed by atoms with Crippen molar-refractivity contribution in [2.45, 2.75) is 18.8 Å². The number of likely N-dealkylation sites (tertiary alicyclic amines) is 1. The van der Waals surface area contributed by atoms with Gasteiger partial charge in [-0.05, 0) is 53.2 Å². The number of hydrogen-bond donors (Lipinski definition) is 0. The molecule has 0 N–H and O–H groups in total. The Hall–Kier alpha value is -2.86. The van der Waals surface area contributed by atoms with Crippen LogP contribution in [0.3, 0.4) is 0 Å². The fourth-order valence-electron chi connectivity index (χ4n) is 4.90. The Morgan fingerprint density at radius 2 is 1.92 bits per heavy atom. The van der Waals surface area contributed by atoms with Crippen molar-refractivity contribution in [3.63, 3.8) is 0 Å². The van der Waals surface area contributed by atoms with Gasteiger partial charge in [0.25, 0.3) is 5.91 Å². The minimum absolute atomic E-state index is 0.0292. The minimum atomic E-state index is -4.52. The zero-order chi connectivity index (χ0) is 26.4. The van der Waals surface area contributed by atoms with E-state index in [9.17, 15) is 18.0 Å². The number of amides is 1. The number of aromatic nitrogens is 2. The smallest absolute Gasteiger partial charge is 0.379 e. The van der Waals surface area contributed by atoms with E-state index in [1.165, 1.54) is 28.6 Å². The fourth-order valence-corrected chi connectivity index (χ4v) is 6.01. The molecule has 0 radical (unpaired) electrons. The molecule has 3 aliphatic rings. The standard InChI is InChI=1S/C26H23ClF3N5O2S/c27-19-3-2-17(21(11-19)26(28,29)30)13-35-22-4-1-16(9-18(22)12-31-35)10-23-24(36)32-25(38-23)34-14-20(15-34)33-5-7-37-8-6-33/h1-4,9-12,20H,5-8,13-15H2/b23-10+. The number of nitrogens with zero attached hydrogens (tertiary/aromatic N) is 5. The molecule has 4 heterocycles. The van der Waals surface area contributed by atoms with Crippen LogP contribution in [-0.4, -0.2) is 76.1 Å². The summed E-state index contributed by atoms with van der Waals surface area (Å²) in [6.45, 7) is 5.03. The first-order valence-electron chi connectivity index (χ1n) is 12.1. The van der Waals surface area contributed by atoms with Crippen molar-refractivity contribution in [1.82, 2.24) is 19.6 Å². The van der Waals surface area contributed by atoms with Gasteiger partial charge >= 0.3 is 6.18 Å². The fraction of sp³-hybridized carbons (Fsp3) is 0.346. The lowest BCUT2D eigenvalue weighted by Gasteiger charge is -2.47. The topological polar surface area (TPSA) is 63.0 Å². The summed E-state index contributed by atoms with van der Waals surface area (Å²) in [6.07, 6.45) is -1.12. The second kappa shape index (κ2) is 10.0. The lowest BCUT2D eigenvalue weighted by molar-refractivity contribution is -0.138. The van der Waals surface area contributed by atoms with Crippen LogP contribution in [0.2, 0.25) is 5.02 Å². The van der Waals surface area contributed by atoms with E-state index >= 15 is 0 Å². The Labute approximate surface area is 225 Å². The number of amidine groups is 1. The number of halogens is 4. The molecular weight excluding hydrogens is 539 g/mol. The number of fused-ring (bicyclic) bond motifs is 1. The Morgan fingerprint density at radius 1 is 1.13 bits per heavy atom. The van der Waals surface area contributed by atoms with Gasteiger partial charge < -0.3 is 9.64 Å². The molecule has 1 amide bonds. The van der Waals surface area contributed by atoms with E-state index in [0.717, 1.165) is 61.6 Å². The molecule has 38 heavy (non-hydrogen) atoms. The van der Waals surface area contributed by atoms with Crippen molar-refractivity contribution in [1.29, 1.82) is 0 Å². The molecule has 3 aliphatic heterocycles. The second-order valence-electron chi connectivity index (χ2n) is 9.44. The highest BCUT2D eigenvalue weighted by Gasteiger charge is 2.37. The minimum Gasteiger partial charge on any atom is -0.379 e. The molecular formula is C26H23ClF3N5O2S. The maximum absolute atomic E-state index is 13.5. The van der Waals surface area contributed by atoms with Crippen molar-refractivity contribution in [2.24, 2.45) is 4.99 Å². The zero-order valence-electron chi connectivity index (χ0n) is 20.1. The highest BCUT2D eigenvalue weighted by molar-refractivity contribution is 8.18. The van der Waals surface area contributed by atoms with Crippen molar-refractivity contribution in [2.75, 3.05) is 39.4 Å². The third-order valence-corrected chi connectivity index (χ3v) is 8.24. The highest BCUT2D eigenvalue weighted by atomic mass is 35.5. The Kier molecular flexibility index (Phi) is 6.71. The van der Waals surface area contributed by atoms with E-state index in [-0.39, 0.29) is 23.0 Å². The summed E-state index contributed by atoms with van der Waals surface area (Å²) in [4.78, 5) is 21.9. The zero-order valence-corrected chi connectivity index (χ0v) is 21.7. The van der Waals surface area contributed by atoms with E-state index < -0.39 is 11.7 Å². The number of morpholine rings is 1. The Bertz CT molecular complexity index is 1460. The van der Waals surface area contributed by atoms with Gasteiger partial charge in [0.2, 0.25) is 0 Å². The number of rotatable bonds is 4. The van der Waals surface area contributed by atoms with Gasteiger partial charge in [0, 0.05) is 42.6 Å². The monoisotopic (exact) mass is 561 g/mol. The molecule has 2 aromatic carbocycles. The van der Waals surface area contributed by atoms with E-state index in [1.54, 1.807) is 18.3 Å². The number of aliphatic imine (C=N–C) groups is 1. The van der Waals surface area contributed by atoms with Gasteiger partial charge in [0.05, 0.1) is 41.9 Å². The summed E-state index contributed by atoms with van der Waals surface area (Å²) >= 11 is 7.17. The van der Waals surface area contributed by atoms with Gasteiger partial charge in [-0.25, -0.2) is 0 Å². The van der Waals surface area contributed by atoms with E-state index in [0.29, 0.717) is 16.5 Å². The first-order valence-corrected chi connectivity index (χ1v) is 13.3. The van der Waals surface area contributed by atoms with Gasteiger partial charge in [-0.15, -0.1) is 0 Å². The molecule has 6 rings (SSSR count). The molecule has 12 heteroatoms. The molecule has 0 bridgehead atoms. The third kappa shape index (κ3) is 5.07. The van der Waals surface area contributed by atoms with E-state index in [2.05, 4.69) is 19.9 Å². The number of hydrogen-bond acceptors (Lipinski definition) is 6. The average molecular weight is 562 g/mol. The van der Waals surface area contributed by atoms with Crippen LogP contribution >= 0.6 is 23.4 Å². The molecule has 0 saturated carbocycles. The molecule has 2 fully saturated rings. The van der Waals surface area contributed by atoms with Crippen molar-refractivity contribution in [3.05, 3.63) is 69.2 Å². The maximum Gasteiger partial charge on any atom is 0.416 e. The maximum atomic E-state index is 13.5. The van der Waals surface area contributed by atoms with Crippen LogP contribution in [0.1, 0.15) is 16.7 Å². The van der Waals surface area contributed by atoms with Gasteiger partial charge in [-0.1, -0.05) is 23.7 Å². The summed E-state index contributed by atoms with van der Waals surface area (Å²) in [5.74, 6) is -0.266. The normalized spacial score (nSPS) is 20.4. The third-order valence-electron chi connectivity index (χ3n) is 6.97. The summed E-state index contributed by atoms with van der Waals surface area (Å²) in [6, 6.07) is 9.70. The Morgan fingerprint density at radius 3 is 2.68 bits per heavy atom. The molecule has 0 spiro atoms. The lowest BCUT2D eigenvalue weighted by atomic mass is 10.1. The molecule has 2 saturated heterocycles. The van der Waals surface area contributed by atoms with E-state index in [1.807, 2.05) is 12.1 Å². The van der Waals surface area contributed by atoms with Gasteiger partial charge in [-0.2, -0.15) is 23.3 Å². The van der Waals surface area contributed by atoms with Crippen LogP contribution < -0.4 is 0 Å². The van der Waals surface area contributed by atoms with Gasteiger partial charge in [0.15, 0.2) is 5.17 Å². The van der Waals surface area contributed by atoms with Crippen LogP contribution in [-0.2, 0) is 22.3 Å². The number of ether oxygens (including phenoxy) is 1. The van der Waals surface area contributed by atoms with Crippen LogP contribution in [0.5, 0.6) is 0 Å². The molecule has 0 aliphatic carbocycles. The van der Waals surface area contributed by atoms with E-state index in [4.69, 9.17) is 16.3 Å². The van der Waals surface area contributed by atoms with Gasteiger partial charge in [-0.3, -0.25) is 14.4 Å². The van der Waals surface area contributed by atoms with Crippen molar-refractivity contribution in [3.8, 4) is 0 Å². The first-order chi connectivity index (χ1) is 18.2. The number of carbonyl (C=O) groups is 1. The first kappa shape index (κ1) is 25.4. The molecule has 0 atom stereocenters. The molecule has 1 aromatic heterocycles. The summed E-state index contributed by atoms with van der Waals surface area (Å²) < 4.78 is 47.5. The summed E-state index contributed by atoms with van der Waals surface area (Å²) in [5, 5.41) is 5.82. The number of carbonyl (C=O) groups excluding carboxylic acids is 1. The number of benzene rings is 2. The molecule has 198 valence electrons. The van der Waals surface area contributed by atoms with Crippen LogP contribution in [0, 0.1) is 0 Å².